The highest BCUT2D eigenvalue weighted by molar-refractivity contribution is 9.10. The number of H-pyrrole nitrogens is 1. The zero-order chi connectivity index (χ0) is 8.72. The van der Waals surface area contributed by atoms with Gasteiger partial charge in [-0.2, -0.15) is 0 Å². The van der Waals surface area contributed by atoms with Gasteiger partial charge in [-0.3, -0.25) is 0 Å². The summed E-state index contributed by atoms with van der Waals surface area (Å²) in [5.74, 6) is -0.191. The van der Waals surface area contributed by atoms with Crippen molar-refractivity contribution in [2.24, 2.45) is 0 Å². The third-order valence-corrected chi connectivity index (χ3v) is 2.88. The summed E-state index contributed by atoms with van der Waals surface area (Å²) >= 11 is 3.33. The summed E-state index contributed by atoms with van der Waals surface area (Å²) in [5.41, 5.74) is 1.79. The van der Waals surface area contributed by atoms with Crippen LogP contribution in [0.25, 0.3) is 10.9 Å². The average molecular weight is 228 g/mol. The number of aromatic amines is 1. The Morgan fingerprint density at radius 3 is 2.83 bits per heavy atom. The van der Waals surface area contributed by atoms with Crippen molar-refractivity contribution in [1.29, 1.82) is 0 Å². The van der Waals surface area contributed by atoms with E-state index in [-0.39, 0.29) is 5.82 Å². The first-order valence-corrected chi connectivity index (χ1v) is 4.41. The monoisotopic (exact) mass is 227 g/mol. The van der Waals surface area contributed by atoms with Crippen LogP contribution in [0.1, 0.15) is 5.69 Å². The molecular weight excluding hydrogens is 221 g/mol. The van der Waals surface area contributed by atoms with E-state index in [0.717, 1.165) is 15.7 Å². The van der Waals surface area contributed by atoms with Crippen molar-refractivity contribution in [2.75, 3.05) is 0 Å². The van der Waals surface area contributed by atoms with E-state index < -0.39 is 0 Å². The number of hydrogen-bond acceptors (Lipinski definition) is 0. The van der Waals surface area contributed by atoms with Crippen LogP contribution in [0.15, 0.2) is 22.7 Å². The largest absolute Gasteiger partial charge is 0.358 e. The van der Waals surface area contributed by atoms with Crippen LogP contribution in [0.2, 0.25) is 0 Å². The van der Waals surface area contributed by atoms with E-state index in [9.17, 15) is 4.39 Å². The zero-order valence-corrected chi connectivity index (χ0v) is 8.07. The van der Waals surface area contributed by atoms with Gasteiger partial charge < -0.3 is 4.98 Å². The molecule has 2 rings (SSSR count). The predicted octanol–water partition coefficient (Wildman–Crippen LogP) is 3.38. The van der Waals surface area contributed by atoms with Crippen LogP contribution >= 0.6 is 15.9 Å². The summed E-state index contributed by atoms with van der Waals surface area (Å²) in [6.07, 6.45) is 0. The molecule has 2 aromatic rings. The summed E-state index contributed by atoms with van der Waals surface area (Å²) in [7, 11) is 0. The van der Waals surface area contributed by atoms with E-state index in [1.807, 2.05) is 13.0 Å². The molecule has 0 radical (unpaired) electrons. The third-order valence-electron chi connectivity index (χ3n) is 1.88. The Balaban J connectivity index is 2.97. The maximum atomic E-state index is 13.2. The Bertz CT molecular complexity index is 433. The molecule has 1 heterocycles. The molecule has 0 aliphatic carbocycles. The van der Waals surface area contributed by atoms with Crippen molar-refractivity contribution in [3.63, 3.8) is 0 Å². The number of benzene rings is 1. The van der Waals surface area contributed by atoms with Gasteiger partial charge in [-0.25, -0.2) is 4.39 Å². The van der Waals surface area contributed by atoms with Crippen LogP contribution in [-0.4, -0.2) is 4.98 Å². The van der Waals surface area contributed by atoms with E-state index in [4.69, 9.17) is 0 Å². The van der Waals surface area contributed by atoms with E-state index in [1.54, 1.807) is 6.07 Å². The first-order chi connectivity index (χ1) is 5.70. The van der Waals surface area contributed by atoms with Crippen molar-refractivity contribution in [3.05, 3.63) is 34.2 Å². The maximum Gasteiger partial charge on any atom is 0.133 e. The van der Waals surface area contributed by atoms with Gasteiger partial charge in [0.2, 0.25) is 0 Å². The minimum absolute atomic E-state index is 0.191. The number of aryl methyl sites for hydroxylation is 1. The van der Waals surface area contributed by atoms with Crippen LogP contribution in [0.4, 0.5) is 4.39 Å². The average Bonchev–Trinajstić information content (AvgIpc) is 2.29. The Kier molecular flexibility index (Phi) is 1.68. The molecule has 0 aliphatic rings. The number of fused-ring (bicyclic) bond motifs is 1. The smallest absolute Gasteiger partial charge is 0.133 e. The minimum Gasteiger partial charge on any atom is -0.358 e. The van der Waals surface area contributed by atoms with Gasteiger partial charge in [0.15, 0.2) is 0 Å². The molecule has 0 fully saturated rings. The second kappa shape index (κ2) is 2.59. The molecular formula is C9H7BrFN. The Labute approximate surface area is 77.7 Å². The summed E-state index contributed by atoms with van der Waals surface area (Å²) in [6.45, 7) is 1.91. The molecule has 3 heteroatoms. The fourth-order valence-electron chi connectivity index (χ4n) is 1.30. The second-order valence-corrected chi connectivity index (χ2v) is 3.52. The highest BCUT2D eigenvalue weighted by Crippen LogP contribution is 2.29. The molecule has 1 nitrogen and oxygen atoms in total. The van der Waals surface area contributed by atoms with Crippen LogP contribution in [0, 0.1) is 12.7 Å². The Hall–Kier alpha value is -0.830. The van der Waals surface area contributed by atoms with Crippen molar-refractivity contribution in [1.82, 2.24) is 4.98 Å². The lowest BCUT2D eigenvalue weighted by Crippen LogP contribution is -1.73. The molecule has 0 bridgehead atoms. The minimum atomic E-state index is -0.191. The van der Waals surface area contributed by atoms with E-state index in [0.29, 0.717) is 5.39 Å². The second-order valence-electron chi connectivity index (χ2n) is 2.73. The van der Waals surface area contributed by atoms with Crippen molar-refractivity contribution in [2.45, 2.75) is 6.92 Å². The SMILES string of the molecule is Cc1[nH]c2cccc(F)c2c1Br. The first kappa shape index (κ1) is 7.80. The number of hydrogen-bond donors (Lipinski definition) is 1. The molecule has 0 saturated heterocycles. The molecule has 12 heavy (non-hydrogen) atoms. The molecule has 1 aromatic heterocycles. The molecule has 0 unspecified atom stereocenters. The van der Waals surface area contributed by atoms with Gasteiger partial charge in [-0.05, 0) is 35.0 Å². The lowest BCUT2D eigenvalue weighted by molar-refractivity contribution is 0.639. The lowest BCUT2D eigenvalue weighted by Gasteiger charge is -1.91. The highest BCUT2D eigenvalue weighted by Gasteiger charge is 2.08. The van der Waals surface area contributed by atoms with Crippen molar-refractivity contribution >= 4 is 26.8 Å². The van der Waals surface area contributed by atoms with Gasteiger partial charge in [-0.15, -0.1) is 0 Å². The van der Waals surface area contributed by atoms with E-state index >= 15 is 0 Å². The fourth-order valence-corrected chi connectivity index (χ4v) is 1.80. The van der Waals surface area contributed by atoms with Crippen LogP contribution in [0.5, 0.6) is 0 Å². The normalized spacial score (nSPS) is 10.9. The van der Waals surface area contributed by atoms with E-state index in [1.165, 1.54) is 6.07 Å². The molecule has 0 atom stereocenters. The van der Waals surface area contributed by atoms with Gasteiger partial charge in [0.25, 0.3) is 0 Å². The predicted molar refractivity (Wildman–Crippen MR) is 50.7 cm³/mol. The molecule has 0 aliphatic heterocycles. The fraction of sp³-hybridized carbons (Fsp3) is 0.111. The van der Waals surface area contributed by atoms with Gasteiger partial charge in [0, 0.05) is 21.1 Å². The Morgan fingerprint density at radius 2 is 2.17 bits per heavy atom. The lowest BCUT2D eigenvalue weighted by atomic mass is 10.2. The van der Waals surface area contributed by atoms with Crippen LogP contribution in [0.3, 0.4) is 0 Å². The number of halogens is 2. The molecule has 1 aromatic carbocycles. The number of nitrogens with one attached hydrogen (secondary N) is 1. The summed E-state index contributed by atoms with van der Waals surface area (Å²) in [6, 6.07) is 5.01. The van der Waals surface area contributed by atoms with E-state index in [2.05, 4.69) is 20.9 Å². The molecule has 0 spiro atoms. The molecule has 62 valence electrons. The summed E-state index contributed by atoms with van der Waals surface area (Å²) < 4.78 is 14.0. The number of rotatable bonds is 0. The third kappa shape index (κ3) is 0.966. The van der Waals surface area contributed by atoms with Gasteiger partial charge in [-0.1, -0.05) is 6.07 Å². The summed E-state index contributed by atoms with van der Waals surface area (Å²) in [4.78, 5) is 3.08. The number of aromatic nitrogens is 1. The van der Waals surface area contributed by atoms with Gasteiger partial charge in [0.1, 0.15) is 5.82 Å². The van der Waals surface area contributed by atoms with Crippen molar-refractivity contribution in [3.8, 4) is 0 Å². The molecule has 0 amide bonds. The van der Waals surface area contributed by atoms with Gasteiger partial charge in [0.05, 0.1) is 0 Å². The first-order valence-electron chi connectivity index (χ1n) is 3.62. The quantitative estimate of drug-likeness (QED) is 0.711. The van der Waals surface area contributed by atoms with Gasteiger partial charge >= 0.3 is 0 Å². The highest BCUT2D eigenvalue weighted by atomic mass is 79.9. The van der Waals surface area contributed by atoms with Crippen LogP contribution < -0.4 is 0 Å². The van der Waals surface area contributed by atoms with Crippen LogP contribution in [-0.2, 0) is 0 Å². The molecule has 0 saturated carbocycles. The Morgan fingerprint density at radius 1 is 1.42 bits per heavy atom. The molecule has 1 N–H and O–H groups in total. The standard InChI is InChI=1S/C9H7BrFN/c1-5-9(10)8-6(11)3-2-4-7(8)12-5/h2-4,12H,1H3. The van der Waals surface area contributed by atoms with Crippen molar-refractivity contribution < 1.29 is 4.39 Å². The summed E-state index contributed by atoms with van der Waals surface area (Å²) in [5, 5.41) is 0.634. The zero-order valence-electron chi connectivity index (χ0n) is 6.49. The topological polar surface area (TPSA) is 15.8 Å². The maximum absolute atomic E-state index is 13.2.